The predicted octanol–water partition coefficient (Wildman–Crippen LogP) is 2.76. The third kappa shape index (κ3) is 4.15. The summed E-state index contributed by atoms with van der Waals surface area (Å²) in [4.78, 5) is 29.0. The van der Waals surface area contributed by atoms with Gasteiger partial charge in [0.05, 0.1) is 43.3 Å². The summed E-state index contributed by atoms with van der Waals surface area (Å²) in [5.41, 5.74) is 1.58. The number of rotatable bonds is 5. The summed E-state index contributed by atoms with van der Waals surface area (Å²) in [6, 6.07) is 9.08. The maximum atomic E-state index is 12.9. The first-order chi connectivity index (χ1) is 13.6. The second-order valence-electron chi connectivity index (χ2n) is 7.00. The van der Waals surface area contributed by atoms with Crippen molar-refractivity contribution in [3.63, 3.8) is 0 Å². The van der Waals surface area contributed by atoms with E-state index in [1.807, 2.05) is 18.2 Å². The fourth-order valence-electron chi connectivity index (χ4n) is 3.61. The first-order valence-electron chi connectivity index (χ1n) is 9.33. The summed E-state index contributed by atoms with van der Waals surface area (Å²) in [6.07, 6.45) is 1.77. The maximum absolute atomic E-state index is 12.9. The minimum atomic E-state index is -0.404. The molecule has 148 valence electrons. The second-order valence-corrected chi connectivity index (χ2v) is 7.44. The lowest BCUT2D eigenvalue weighted by Gasteiger charge is -2.30. The van der Waals surface area contributed by atoms with Gasteiger partial charge in [0.25, 0.3) is 0 Å². The third-order valence-electron chi connectivity index (χ3n) is 5.08. The molecule has 2 saturated heterocycles. The molecule has 2 aliphatic rings. The van der Waals surface area contributed by atoms with Crippen molar-refractivity contribution < 1.29 is 18.7 Å². The van der Waals surface area contributed by atoms with E-state index in [2.05, 4.69) is 10.2 Å². The van der Waals surface area contributed by atoms with E-state index in [0.29, 0.717) is 42.8 Å². The van der Waals surface area contributed by atoms with E-state index < -0.39 is 5.92 Å². The molecule has 0 bridgehead atoms. The number of furan rings is 1. The first kappa shape index (κ1) is 18.8. The van der Waals surface area contributed by atoms with E-state index in [1.165, 1.54) is 0 Å². The maximum Gasteiger partial charge on any atom is 0.229 e. The molecule has 1 aromatic carbocycles. The normalized spacial score (nSPS) is 19.9. The molecule has 1 atom stereocenters. The van der Waals surface area contributed by atoms with Gasteiger partial charge in [0.2, 0.25) is 11.8 Å². The number of carbonyl (C=O) groups excluding carboxylic acids is 2. The van der Waals surface area contributed by atoms with Crippen LogP contribution in [0.2, 0.25) is 5.02 Å². The van der Waals surface area contributed by atoms with Gasteiger partial charge < -0.3 is 24.3 Å². The number of nitrogens with one attached hydrogen (secondary N) is 1. The average molecular weight is 404 g/mol. The Hall–Kier alpha value is -2.51. The van der Waals surface area contributed by atoms with E-state index in [-0.39, 0.29) is 18.2 Å². The minimum Gasteiger partial charge on any atom is -0.467 e. The molecule has 2 fully saturated rings. The number of ether oxygens (including phenoxy) is 1. The lowest BCUT2D eigenvalue weighted by atomic mass is 10.1. The fourth-order valence-corrected chi connectivity index (χ4v) is 3.79. The molecule has 1 aromatic heterocycles. The van der Waals surface area contributed by atoms with Crippen LogP contribution in [0, 0.1) is 5.92 Å². The van der Waals surface area contributed by atoms with Crippen molar-refractivity contribution in [1.82, 2.24) is 4.90 Å². The van der Waals surface area contributed by atoms with E-state index in [1.54, 1.807) is 23.3 Å². The predicted molar refractivity (Wildman–Crippen MR) is 105 cm³/mol. The van der Waals surface area contributed by atoms with Crippen molar-refractivity contribution in [2.45, 2.75) is 13.0 Å². The van der Waals surface area contributed by atoms with Crippen LogP contribution in [-0.4, -0.2) is 49.6 Å². The SMILES string of the molecule is O=C(Nc1cc(Cl)ccc1N1CCOCC1)C1CC(=O)N(Cc2ccco2)C1. The minimum absolute atomic E-state index is 0.0453. The Morgan fingerprint density at radius 2 is 2.07 bits per heavy atom. The van der Waals surface area contributed by atoms with E-state index in [4.69, 9.17) is 20.8 Å². The van der Waals surface area contributed by atoms with Crippen LogP contribution in [0.5, 0.6) is 0 Å². The molecule has 28 heavy (non-hydrogen) atoms. The summed E-state index contributed by atoms with van der Waals surface area (Å²) >= 11 is 6.16. The molecule has 8 heteroatoms. The Morgan fingerprint density at radius 3 is 2.82 bits per heavy atom. The number of carbonyl (C=O) groups is 2. The second kappa shape index (κ2) is 8.24. The molecule has 4 rings (SSSR count). The van der Waals surface area contributed by atoms with Gasteiger partial charge in [-0.15, -0.1) is 0 Å². The van der Waals surface area contributed by atoms with Crippen molar-refractivity contribution >= 4 is 34.8 Å². The van der Waals surface area contributed by atoms with Crippen molar-refractivity contribution in [2.24, 2.45) is 5.92 Å². The quantitative estimate of drug-likeness (QED) is 0.830. The summed E-state index contributed by atoms with van der Waals surface area (Å²) in [5, 5.41) is 3.53. The standard InChI is InChI=1S/C20H22ClN3O4/c21-15-3-4-18(23-5-8-27-9-6-23)17(11-15)22-20(26)14-10-19(25)24(12-14)13-16-2-1-7-28-16/h1-4,7,11,14H,5-6,8-10,12-13H2,(H,22,26). The number of anilines is 2. The van der Waals surface area contributed by atoms with Gasteiger partial charge in [-0.1, -0.05) is 11.6 Å². The molecule has 7 nitrogen and oxygen atoms in total. The Balaban J connectivity index is 1.45. The molecule has 1 N–H and O–H groups in total. The number of hydrogen-bond acceptors (Lipinski definition) is 5. The van der Waals surface area contributed by atoms with Crippen LogP contribution in [0.1, 0.15) is 12.2 Å². The molecule has 2 aliphatic heterocycles. The number of likely N-dealkylation sites (tertiary alicyclic amines) is 1. The zero-order chi connectivity index (χ0) is 19.5. The topological polar surface area (TPSA) is 75.0 Å². The lowest BCUT2D eigenvalue weighted by molar-refractivity contribution is -0.128. The average Bonchev–Trinajstić information content (AvgIpc) is 3.33. The van der Waals surface area contributed by atoms with Crippen LogP contribution in [-0.2, 0) is 20.9 Å². The first-order valence-corrected chi connectivity index (χ1v) is 9.71. The zero-order valence-electron chi connectivity index (χ0n) is 15.4. The van der Waals surface area contributed by atoms with Crippen molar-refractivity contribution in [1.29, 1.82) is 0 Å². The monoisotopic (exact) mass is 403 g/mol. The van der Waals surface area contributed by atoms with Crippen molar-refractivity contribution in [3.8, 4) is 0 Å². The highest BCUT2D eigenvalue weighted by atomic mass is 35.5. The third-order valence-corrected chi connectivity index (χ3v) is 5.32. The fraction of sp³-hybridized carbons (Fsp3) is 0.400. The highest BCUT2D eigenvalue weighted by Crippen LogP contribution is 2.31. The van der Waals surface area contributed by atoms with Gasteiger partial charge in [-0.25, -0.2) is 0 Å². The Labute approximate surface area is 168 Å². The highest BCUT2D eigenvalue weighted by Gasteiger charge is 2.35. The van der Waals surface area contributed by atoms with Crippen LogP contribution >= 0.6 is 11.6 Å². The van der Waals surface area contributed by atoms with E-state index in [9.17, 15) is 9.59 Å². The number of morpholine rings is 1. The molecule has 0 saturated carbocycles. The van der Waals surface area contributed by atoms with Gasteiger partial charge in [0, 0.05) is 31.1 Å². The van der Waals surface area contributed by atoms with Gasteiger partial charge in [-0.3, -0.25) is 9.59 Å². The highest BCUT2D eigenvalue weighted by molar-refractivity contribution is 6.31. The van der Waals surface area contributed by atoms with Crippen molar-refractivity contribution in [3.05, 3.63) is 47.4 Å². The summed E-state index contributed by atoms with van der Waals surface area (Å²) in [7, 11) is 0. The largest absolute Gasteiger partial charge is 0.467 e. The number of halogens is 1. The van der Waals surface area contributed by atoms with Gasteiger partial charge in [0.15, 0.2) is 0 Å². The smallest absolute Gasteiger partial charge is 0.229 e. The number of benzene rings is 1. The van der Waals surface area contributed by atoms with Crippen LogP contribution in [0.15, 0.2) is 41.0 Å². The molecule has 1 unspecified atom stereocenters. The number of nitrogens with zero attached hydrogens (tertiary/aromatic N) is 2. The molecular weight excluding hydrogens is 382 g/mol. The van der Waals surface area contributed by atoms with Gasteiger partial charge in [-0.2, -0.15) is 0 Å². The number of hydrogen-bond donors (Lipinski definition) is 1. The zero-order valence-corrected chi connectivity index (χ0v) is 16.2. The van der Waals surface area contributed by atoms with Crippen LogP contribution in [0.3, 0.4) is 0 Å². The Kier molecular flexibility index (Phi) is 5.54. The van der Waals surface area contributed by atoms with Crippen LogP contribution in [0.4, 0.5) is 11.4 Å². The van der Waals surface area contributed by atoms with Crippen LogP contribution in [0.25, 0.3) is 0 Å². The van der Waals surface area contributed by atoms with Crippen molar-refractivity contribution in [2.75, 3.05) is 43.1 Å². The molecule has 0 aliphatic carbocycles. The van der Waals surface area contributed by atoms with Crippen LogP contribution < -0.4 is 10.2 Å². The molecular formula is C20H22ClN3O4. The molecule has 2 aromatic rings. The van der Waals surface area contributed by atoms with Gasteiger partial charge in [0.1, 0.15) is 5.76 Å². The van der Waals surface area contributed by atoms with E-state index in [0.717, 1.165) is 18.8 Å². The lowest BCUT2D eigenvalue weighted by Crippen LogP contribution is -2.37. The summed E-state index contributed by atoms with van der Waals surface area (Å²) in [5.74, 6) is 0.0842. The van der Waals surface area contributed by atoms with Gasteiger partial charge in [-0.05, 0) is 30.3 Å². The molecule has 3 heterocycles. The molecule has 2 amide bonds. The van der Waals surface area contributed by atoms with E-state index >= 15 is 0 Å². The van der Waals surface area contributed by atoms with Gasteiger partial charge >= 0.3 is 0 Å². The molecule has 0 spiro atoms. The summed E-state index contributed by atoms with van der Waals surface area (Å²) < 4.78 is 10.7. The number of amides is 2. The molecule has 0 radical (unpaired) electrons. The Morgan fingerprint density at radius 1 is 1.25 bits per heavy atom. The Bertz CT molecular complexity index is 849. The summed E-state index contributed by atoms with van der Waals surface area (Å²) in [6.45, 7) is 3.56.